The molecule has 0 spiro atoms. The molecule has 1 aromatic rings. The minimum absolute atomic E-state index is 0.237. The zero-order valence-electron chi connectivity index (χ0n) is 10.6. The van der Waals surface area contributed by atoms with Crippen LogP contribution in [-0.4, -0.2) is 26.8 Å². The number of likely N-dealkylation sites (N-methyl/N-ethyl adjacent to an activating group) is 1. The standard InChI is InChI=1S/C15H21NO/c1-16-9-15(10-17-11-15)14-7-6-12-4-2-3-5-13(12)8-14/h6-8,16H,2-5,9-11H2,1H3. The van der Waals surface area contributed by atoms with Gasteiger partial charge in [-0.3, -0.25) is 0 Å². The smallest absolute Gasteiger partial charge is 0.0598 e. The molecule has 1 fully saturated rings. The fourth-order valence-electron chi connectivity index (χ4n) is 3.12. The lowest BCUT2D eigenvalue weighted by molar-refractivity contribution is -0.0582. The largest absolute Gasteiger partial charge is 0.379 e. The van der Waals surface area contributed by atoms with Crippen LogP contribution < -0.4 is 5.32 Å². The van der Waals surface area contributed by atoms with Gasteiger partial charge in [0.15, 0.2) is 0 Å². The molecule has 0 radical (unpaired) electrons. The summed E-state index contributed by atoms with van der Waals surface area (Å²) in [6.07, 6.45) is 5.24. The minimum Gasteiger partial charge on any atom is -0.379 e. The molecular formula is C15H21NO. The third-order valence-electron chi connectivity index (χ3n) is 4.23. The summed E-state index contributed by atoms with van der Waals surface area (Å²) < 4.78 is 5.45. The van der Waals surface area contributed by atoms with Crippen LogP contribution in [0.5, 0.6) is 0 Å². The van der Waals surface area contributed by atoms with Crippen LogP contribution in [0.3, 0.4) is 0 Å². The molecule has 0 saturated carbocycles. The van der Waals surface area contributed by atoms with Crippen LogP contribution in [0.25, 0.3) is 0 Å². The fourth-order valence-corrected chi connectivity index (χ4v) is 3.12. The molecule has 1 aliphatic heterocycles. The van der Waals surface area contributed by atoms with Gasteiger partial charge in [-0.1, -0.05) is 18.2 Å². The zero-order valence-corrected chi connectivity index (χ0v) is 10.6. The summed E-state index contributed by atoms with van der Waals surface area (Å²) in [5.41, 5.74) is 4.86. The number of ether oxygens (including phenoxy) is 1. The highest BCUT2D eigenvalue weighted by Crippen LogP contribution is 2.34. The van der Waals surface area contributed by atoms with Gasteiger partial charge in [0.25, 0.3) is 0 Å². The average molecular weight is 231 g/mol. The van der Waals surface area contributed by atoms with Crippen LogP contribution in [0.4, 0.5) is 0 Å². The van der Waals surface area contributed by atoms with Crippen molar-refractivity contribution in [2.45, 2.75) is 31.1 Å². The van der Waals surface area contributed by atoms with Crippen LogP contribution >= 0.6 is 0 Å². The summed E-state index contributed by atoms with van der Waals surface area (Å²) >= 11 is 0. The Morgan fingerprint density at radius 2 is 1.94 bits per heavy atom. The van der Waals surface area contributed by atoms with Gasteiger partial charge in [0.05, 0.1) is 18.6 Å². The van der Waals surface area contributed by atoms with Crippen molar-refractivity contribution in [2.24, 2.45) is 0 Å². The van der Waals surface area contributed by atoms with E-state index >= 15 is 0 Å². The molecule has 1 heterocycles. The average Bonchev–Trinajstić information content (AvgIpc) is 2.33. The molecule has 1 aromatic carbocycles. The van der Waals surface area contributed by atoms with Crippen molar-refractivity contribution in [2.75, 3.05) is 26.8 Å². The molecule has 1 aliphatic carbocycles. The highest BCUT2D eigenvalue weighted by Gasteiger charge is 2.39. The summed E-state index contributed by atoms with van der Waals surface area (Å²) in [6.45, 7) is 2.76. The Morgan fingerprint density at radius 1 is 1.18 bits per heavy atom. The van der Waals surface area contributed by atoms with Crippen molar-refractivity contribution in [3.63, 3.8) is 0 Å². The normalized spacial score (nSPS) is 21.7. The second kappa shape index (κ2) is 4.43. The van der Waals surface area contributed by atoms with Crippen molar-refractivity contribution < 1.29 is 4.74 Å². The predicted octanol–water partition coefficient (Wildman–Crippen LogP) is 2.05. The Balaban J connectivity index is 1.92. The van der Waals surface area contributed by atoms with Gasteiger partial charge >= 0.3 is 0 Å². The summed E-state index contributed by atoms with van der Waals surface area (Å²) in [5, 5.41) is 3.31. The number of aryl methyl sites for hydroxylation is 2. The van der Waals surface area contributed by atoms with E-state index in [2.05, 4.69) is 23.5 Å². The fraction of sp³-hybridized carbons (Fsp3) is 0.600. The highest BCUT2D eigenvalue weighted by atomic mass is 16.5. The topological polar surface area (TPSA) is 21.3 Å². The summed E-state index contributed by atoms with van der Waals surface area (Å²) in [4.78, 5) is 0. The van der Waals surface area contributed by atoms with Crippen LogP contribution in [0.1, 0.15) is 29.5 Å². The van der Waals surface area contributed by atoms with E-state index in [9.17, 15) is 0 Å². The van der Waals surface area contributed by atoms with Crippen molar-refractivity contribution in [3.05, 3.63) is 34.9 Å². The Hall–Kier alpha value is -0.860. The molecule has 3 rings (SSSR count). The van der Waals surface area contributed by atoms with Crippen molar-refractivity contribution >= 4 is 0 Å². The number of rotatable bonds is 3. The molecule has 2 nitrogen and oxygen atoms in total. The first-order chi connectivity index (χ1) is 8.34. The van der Waals surface area contributed by atoms with Crippen molar-refractivity contribution in [1.29, 1.82) is 0 Å². The van der Waals surface area contributed by atoms with Crippen LogP contribution in [0.2, 0.25) is 0 Å². The van der Waals surface area contributed by atoms with Gasteiger partial charge in [-0.2, -0.15) is 0 Å². The van der Waals surface area contributed by atoms with Gasteiger partial charge in [-0.15, -0.1) is 0 Å². The molecule has 1 N–H and O–H groups in total. The zero-order chi connectivity index (χ0) is 11.7. The van der Waals surface area contributed by atoms with E-state index in [0.717, 1.165) is 19.8 Å². The molecule has 0 unspecified atom stereocenters. The SMILES string of the molecule is CNCC1(c2ccc3c(c2)CCCC3)COC1. The lowest BCUT2D eigenvalue weighted by Crippen LogP contribution is -2.52. The molecule has 0 atom stereocenters. The van der Waals surface area contributed by atoms with Gasteiger partial charge in [-0.25, -0.2) is 0 Å². The van der Waals surface area contributed by atoms with E-state index in [1.54, 1.807) is 11.1 Å². The van der Waals surface area contributed by atoms with E-state index in [1.807, 2.05) is 7.05 Å². The van der Waals surface area contributed by atoms with E-state index in [0.29, 0.717) is 0 Å². The number of benzene rings is 1. The number of fused-ring (bicyclic) bond motifs is 1. The van der Waals surface area contributed by atoms with E-state index < -0.39 is 0 Å². The first-order valence-electron chi connectivity index (χ1n) is 6.69. The van der Waals surface area contributed by atoms with Gasteiger partial charge in [0.1, 0.15) is 0 Å². The Morgan fingerprint density at radius 3 is 2.59 bits per heavy atom. The predicted molar refractivity (Wildman–Crippen MR) is 69.5 cm³/mol. The third-order valence-corrected chi connectivity index (χ3v) is 4.23. The van der Waals surface area contributed by atoms with Gasteiger partial charge in [-0.05, 0) is 49.4 Å². The van der Waals surface area contributed by atoms with Gasteiger partial charge < -0.3 is 10.1 Å². The Labute approximate surface area is 103 Å². The first kappa shape index (κ1) is 11.2. The van der Waals surface area contributed by atoms with Crippen LogP contribution in [-0.2, 0) is 23.0 Å². The van der Waals surface area contributed by atoms with E-state index in [1.165, 1.54) is 31.2 Å². The second-order valence-corrected chi connectivity index (χ2v) is 5.49. The molecular weight excluding hydrogens is 210 g/mol. The number of hydrogen-bond acceptors (Lipinski definition) is 2. The van der Waals surface area contributed by atoms with E-state index in [-0.39, 0.29) is 5.41 Å². The minimum atomic E-state index is 0.237. The third kappa shape index (κ3) is 1.90. The van der Waals surface area contributed by atoms with Gasteiger partial charge in [0.2, 0.25) is 0 Å². The summed E-state index contributed by atoms with van der Waals surface area (Å²) in [5.74, 6) is 0. The molecule has 2 aliphatic rings. The first-order valence-corrected chi connectivity index (χ1v) is 6.69. The quantitative estimate of drug-likeness (QED) is 0.859. The molecule has 0 amide bonds. The summed E-state index contributed by atoms with van der Waals surface area (Å²) in [7, 11) is 2.03. The number of hydrogen-bond donors (Lipinski definition) is 1. The van der Waals surface area contributed by atoms with Gasteiger partial charge in [0, 0.05) is 6.54 Å². The van der Waals surface area contributed by atoms with Crippen molar-refractivity contribution in [3.8, 4) is 0 Å². The molecule has 0 bridgehead atoms. The maximum Gasteiger partial charge on any atom is 0.0598 e. The van der Waals surface area contributed by atoms with Crippen LogP contribution in [0, 0.1) is 0 Å². The monoisotopic (exact) mass is 231 g/mol. The highest BCUT2D eigenvalue weighted by molar-refractivity contribution is 5.39. The maximum absolute atomic E-state index is 5.45. The molecule has 0 aromatic heterocycles. The van der Waals surface area contributed by atoms with Crippen LogP contribution in [0.15, 0.2) is 18.2 Å². The Bertz CT molecular complexity index is 409. The van der Waals surface area contributed by atoms with E-state index in [4.69, 9.17) is 4.74 Å². The summed E-state index contributed by atoms with van der Waals surface area (Å²) in [6, 6.07) is 7.11. The molecule has 92 valence electrons. The number of nitrogens with one attached hydrogen (secondary N) is 1. The molecule has 1 saturated heterocycles. The van der Waals surface area contributed by atoms with Crippen molar-refractivity contribution in [1.82, 2.24) is 5.32 Å². The molecule has 17 heavy (non-hydrogen) atoms. The lowest BCUT2D eigenvalue weighted by atomic mass is 9.76. The Kier molecular flexibility index (Phi) is 2.93. The maximum atomic E-state index is 5.45. The molecule has 2 heteroatoms. The lowest BCUT2D eigenvalue weighted by Gasteiger charge is -2.42. The second-order valence-electron chi connectivity index (χ2n) is 5.49.